The minimum absolute atomic E-state index is 0.164. The molecule has 134 valence electrons. The second-order valence-electron chi connectivity index (χ2n) is 6.09. The summed E-state index contributed by atoms with van der Waals surface area (Å²) in [7, 11) is 0. The fraction of sp³-hybridized carbons (Fsp3) is 0.100. The average Bonchev–Trinajstić information content (AvgIpc) is 2.67. The van der Waals surface area contributed by atoms with E-state index in [2.05, 4.69) is 20.3 Å². The first kappa shape index (κ1) is 16.8. The summed E-state index contributed by atoms with van der Waals surface area (Å²) in [5.74, 6) is -0.738. The first-order valence-electron chi connectivity index (χ1n) is 8.37. The molecule has 2 heterocycles. The van der Waals surface area contributed by atoms with Gasteiger partial charge in [0.05, 0.1) is 11.1 Å². The molecule has 0 spiro atoms. The molecule has 7 heteroatoms. The molecule has 6 nitrogen and oxygen atoms in total. The number of carboxylic acids is 1. The second kappa shape index (κ2) is 6.95. The highest BCUT2D eigenvalue weighted by Crippen LogP contribution is 2.27. The van der Waals surface area contributed by atoms with E-state index in [1.165, 1.54) is 30.6 Å². The van der Waals surface area contributed by atoms with Crippen LogP contribution in [0.3, 0.4) is 0 Å². The molecule has 27 heavy (non-hydrogen) atoms. The molecule has 0 aliphatic rings. The highest BCUT2D eigenvalue weighted by molar-refractivity contribution is 6.09. The Hall–Kier alpha value is -3.61. The van der Waals surface area contributed by atoms with Crippen LogP contribution in [0.15, 0.2) is 55.0 Å². The Kier molecular flexibility index (Phi) is 4.33. The van der Waals surface area contributed by atoms with E-state index >= 15 is 0 Å². The molecule has 2 aromatic heterocycles. The van der Waals surface area contributed by atoms with E-state index in [0.717, 1.165) is 16.3 Å². The van der Waals surface area contributed by atoms with Gasteiger partial charge in [-0.1, -0.05) is 18.2 Å². The van der Waals surface area contributed by atoms with E-state index in [0.29, 0.717) is 29.8 Å². The number of halogens is 1. The summed E-state index contributed by atoms with van der Waals surface area (Å²) >= 11 is 0. The zero-order valence-corrected chi connectivity index (χ0v) is 14.2. The lowest BCUT2D eigenvalue weighted by atomic mass is 10.1. The lowest BCUT2D eigenvalue weighted by Crippen LogP contribution is -2.08. The number of pyridine rings is 1. The quantitative estimate of drug-likeness (QED) is 0.527. The van der Waals surface area contributed by atoms with E-state index in [1.807, 2.05) is 6.07 Å². The maximum Gasteiger partial charge on any atom is 0.335 e. The van der Waals surface area contributed by atoms with E-state index in [4.69, 9.17) is 0 Å². The summed E-state index contributed by atoms with van der Waals surface area (Å²) in [6.45, 7) is 0.527. The molecule has 2 N–H and O–H groups in total. The molecule has 0 radical (unpaired) electrons. The number of carbonyl (C=O) groups is 1. The van der Waals surface area contributed by atoms with Gasteiger partial charge in [0.1, 0.15) is 17.7 Å². The Labute approximate surface area is 153 Å². The molecular weight excluding hydrogens is 347 g/mol. The third kappa shape index (κ3) is 3.39. The van der Waals surface area contributed by atoms with Gasteiger partial charge < -0.3 is 10.4 Å². The molecule has 2 aromatic carbocycles. The van der Waals surface area contributed by atoms with Gasteiger partial charge in [0.25, 0.3) is 0 Å². The van der Waals surface area contributed by atoms with Gasteiger partial charge in [-0.3, -0.25) is 0 Å². The fourth-order valence-electron chi connectivity index (χ4n) is 3.01. The van der Waals surface area contributed by atoms with Crippen LogP contribution in [0.25, 0.3) is 21.8 Å². The molecule has 0 aliphatic carbocycles. The maximum atomic E-state index is 13.3. The molecule has 0 fully saturated rings. The van der Waals surface area contributed by atoms with Crippen LogP contribution in [0, 0.1) is 5.82 Å². The van der Waals surface area contributed by atoms with Crippen molar-refractivity contribution in [3.8, 4) is 0 Å². The highest BCUT2D eigenvalue weighted by Gasteiger charge is 2.12. The molecule has 0 saturated heterocycles. The highest BCUT2D eigenvalue weighted by atomic mass is 19.1. The number of hydrogen-bond donors (Lipinski definition) is 2. The van der Waals surface area contributed by atoms with Crippen LogP contribution in [0.5, 0.6) is 0 Å². The van der Waals surface area contributed by atoms with Crippen LogP contribution in [-0.2, 0) is 6.42 Å². The van der Waals surface area contributed by atoms with Gasteiger partial charge in [0.15, 0.2) is 5.82 Å². The predicted octanol–water partition coefficient (Wildman–Crippen LogP) is 3.67. The standard InChI is InChI=1S/C20H15FN4O2/c21-14-3-1-2-12(8-14)6-7-23-19-18-16(10-22-11-24-18)15-5-4-13(20(26)27)9-17(15)25-19/h1-5,8-11H,6-7H2,(H,23,25)(H,26,27). The molecular formula is C20H15FN4O2. The van der Waals surface area contributed by atoms with Gasteiger partial charge in [-0.25, -0.2) is 24.1 Å². The van der Waals surface area contributed by atoms with Crippen molar-refractivity contribution in [2.24, 2.45) is 0 Å². The zero-order chi connectivity index (χ0) is 18.8. The Morgan fingerprint density at radius 2 is 2.04 bits per heavy atom. The van der Waals surface area contributed by atoms with E-state index < -0.39 is 5.97 Å². The Morgan fingerprint density at radius 1 is 1.15 bits per heavy atom. The molecule has 0 atom stereocenters. The van der Waals surface area contributed by atoms with Crippen molar-refractivity contribution in [3.05, 3.63) is 71.9 Å². The summed E-state index contributed by atoms with van der Waals surface area (Å²) in [4.78, 5) is 24.2. The molecule has 0 amide bonds. The van der Waals surface area contributed by atoms with Gasteiger partial charge in [-0.05, 0) is 36.2 Å². The van der Waals surface area contributed by atoms with Crippen molar-refractivity contribution in [2.45, 2.75) is 6.42 Å². The van der Waals surface area contributed by atoms with Gasteiger partial charge in [0.2, 0.25) is 0 Å². The van der Waals surface area contributed by atoms with Crippen molar-refractivity contribution in [1.29, 1.82) is 0 Å². The SMILES string of the molecule is O=C(O)c1ccc2c(c1)nc(NCCc1cccc(F)c1)c1ncncc12. The number of anilines is 1. The molecule has 0 bridgehead atoms. The smallest absolute Gasteiger partial charge is 0.335 e. The Morgan fingerprint density at radius 3 is 2.85 bits per heavy atom. The van der Waals surface area contributed by atoms with Gasteiger partial charge >= 0.3 is 5.97 Å². The molecule has 4 rings (SSSR count). The number of nitrogens with zero attached hydrogens (tertiary/aromatic N) is 3. The number of benzene rings is 2. The van der Waals surface area contributed by atoms with Gasteiger partial charge in [-0.2, -0.15) is 0 Å². The number of hydrogen-bond acceptors (Lipinski definition) is 5. The average molecular weight is 362 g/mol. The lowest BCUT2D eigenvalue weighted by Gasteiger charge is -2.11. The van der Waals surface area contributed by atoms with Crippen molar-refractivity contribution in [2.75, 3.05) is 11.9 Å². The van der Waals surface area contributed by atoms with Gasteiger partial charge in [0, 0.05) is 23.5 Å². The summed E-state index contributed by atoms with van der Waals surface area (Å²) in [5.41, 5.74) is 2.23. The van der Waals surface area contributed by atoms with Gasteiger partial charge in [-0.15, -0.1) is 0 Å². The third-order valence-electron chi connectivity index (χ3n) is 4.30. The topological polar surface area (TPSA) is 88.0 Å². The molecule has 0 unspecified atom stereocenters. The summed E-state index contributed by atoms with van der Waals surface area (Å²) < 4.78 is 13.3. The minimum atomic E-state index is -1.01. The number of rotatable bonds is 5. The van der Waals surface area contributed by atoms with Crippen molar-refractivity contribution in [1.82, 2.24) is 15.0 Å². The summed E-state index contributed by atoms with van der Waals surface area (Å²) in [6, 6.07) is 11.2. The Balaban J connectivity index is 1.70. The van der Waals surface area contributed by atoms with E-state index in [9.17, 15) is 14.3 Å². The monoisotopic (exact) mass is 362 g/mol. The van der Waals surface area contributed by atoms with Crippen molar-refractivity contribution >= 4 is 33.6 Å². The number of nitrogens with one attached hydrogen (secondary N) is 1. The lowest BCUT2D eigenvalue weighted by molar-refractivity contribution is 0.0697. The normalized spacial score (nSPS) is 11.0. The van der Waals surface area contributed by atoms with Crippen LogP contribution in [0.1, 0.15) is 15.9 Å². The number of carboxylic acid groups (broad SMARTS) is 1. The van der Waals surface area contributed by atoms with E-state index in [-0.39, 0.29) is 11.4 Å². The Bertz CT molecular complexity index is 1160. The van der Waals surface area contributed by atoms with Crippen LogP contribution in [-0.4, -0.2) is 32.6 Å². The van der Waals surface area contributed by atoms with Crippen molar-refractivity contribution in [3.63, 3.8) is 0 Å². The third-order valence-corrected chi connectivity index (χ3v) is 4.30. The van der Waals surface area contributed by atoms with Crippen LogP contribution >= 0.6 is 0 Å². The minimum Gasteiger partial charge on any atom is -0.478 e. The number of aromatic nitrogens is 3. The first-order chi connectivity index (χ1) is 13.1. The fourth-order valence-corrected chi connectivity index (χ4v) is 3.01. The van der Waals surface area contributed by atoms with E-state index in [1.54, 1.807) is 18.3 Å². The van der Waals surface area contributed by atoms with Crippen molar-refractivity contribution < 1.29 is 14.3 Å². The molecule has 0 aliphatic heterocycles. The van der Waals surface area contributed by atoms with Crippen LogP contribution in [0.2, 0.25) is 0 Å². The largest absolute Gasteiger partial charge is 0.478 e. The predicted molar refractivity (Wildman–Crippen MR) is 100 cm³/mol. The first-order valence-corrected chi connectivity index (χ1v) is 8.37. The summed E-state index contributed by atoms with van der Waals surface area (Å²) in [5, 5.41) is 14.0. The number of fused-ring (bicyclic) bond motifs is 3. The second-order valence-corrected chi connectivity index (χ2v) is 6.09. The number of aromatic carboxylic acids is 1. The zero-order valence-electron chi connectivity index (χ0n) is 14.2. The maximum absolute atomic E-state index is 13.3. The molecule has 0 saturated carbocycles. The summed E-state index contributed by atoms with van der Waals surface area (Å²) in [6.07, 6.45) is 3.74. The van der Waals surface area contributed by atoms with Crippen LogP contribution < -0.4 is 5.32 Å². The molecule has 4 aromatic rings. The van der Waals surface area contributed by atoms with Crippen LogP contribution in [0.4, 0.5) is 10.2 Å².